The van der Waals surface area contributed by atoms with Crippen molar-refractivity contribution >= 4 is 17.8 Å². The molecule has 8 nitrogen and oxygen atoms in total. The highest BCUT2D eigenvalue weighted by Crippen LogP contribution is 2.49. The lowest BCUT2D eigenvalue weighted by Gasteiger charge is -2.35. The molecule has 3 aromatic rings. The van der Waals surface area contributed by atoms with E-state index in [0.717, 1.165) is 50.0 Å². The third-order valence-corrected chi connectivity index (χ3v) is 8.40. The van der Waals surface area contributed by atoms with Gasteiger partial charge in [0.1, 0.15) is 17.3 Å². The number of hydrogen-bond donors (Lipinski definition) is 1. The van der Waals surface area contributed by atoms with Gasteiger partial charge in [0.05, 0.1) is 17.3 Å². The maximum absolute atomic E-state index is 12.6. The highest BCUT2D eigenvalue weighted by Gasteiger charge is 2.52. The average molecular weight is 512 g/mol. The molecule has 8 heteroatoms. The number of aromatic nitrogens is 2. The SMILES string of the molecule is CN1CCC(c2ccc(-c3cc(Oc4ccc(NC(=O)N5CCC6(CCC6)C5=O)nc4)ccn3)cc2)CC1. The Bertz CT molecular complexity index is 1310. The van der Waals surface area contributed by atoms with Crippen LogP contribution in [-0.4, -0.2) is 58.4 Å². The minimum absolute atomic E-state index is 0.0499. The summed E-state index contributed by atoms with van der Waals surface area (Å²) in [6.45, 7) is 2.76. The molecule has 3 fully saturated rings. The van der Waals surface area contributed by atoms with E-state index in [1.54, 1.807) is 30.6 Å². The molecule has 1 spiro atoms. The van der Waals surface area contributed by atoms with Crippen molar-refractivity contribution < 1.29 is 14.3 Å². The monoisotopic (exact) mass is 511 g/mol. The predicted octanol–water partition coefficient (Wildman–Crippen LogP) is 5.68. The van der Waals surface area contributed by atoms with Crippen molar-refractivity contribution in [1.82, 2.24) is 19.8 Å². The van der Waals surface area contributed by atoms with E-state index in [2.05, 4.69) is 51.5 Å². The fourth-order valence-corrected chi connectivity index (χ4v) is 5.81. The van der Waals surface area contributed by atoms with Crippen molar-refractivity contribution in [1.29, 1.82) is 0 Å². The van der Waals surface area contributed by atoms with Gasteiger partial charge in [-0.2, -0.15) is 0 Å². The second-order valence-corrected chi connectivity index (χ2v) is 10.8. The van der Waals surface area contributed by atoms with Crippen LogP contribution in [0.4, 0.5) is 10.6 Å². The summed E-state index contributed by atoms with van der Waals surface area (Å²) >= 11 is 0. The number of nitrogens with one attached hydrogen (secondary N) is 1. The molecule has 2 aliphatic heterocycles. The van der Waals surface area contributed by atoms with E-state index in [1.807, 2.05) is 6.07 Å². The summed E-state index contributed by atoms with van der Waals surface area (Å²) in [5.74, 6) is 2.15. The molecule has 0 atom stereocenters. The number of benzene rings is 1. The van der Waals surface area contributed by atoms with Crippen LogP contribution in [0.15, 0.2) is 60.9 Å². The van der Waals surface area contributed by atoms with Crippen LogP contribution < -0.4 is 10.1 Å². The first-order valence-electron chi connectivity index (χ1n) is 13.5. The number of nitrogens with zero attached hydrogens (tertiary/aromatic N) is 4. The molecule has 38 heavy (non-hydrogen) atoms. The van der Waals surface area contributed by atoms with Gasteiger partial charge in [-0.3, -0.25) is 20.0 Å². The largest absolute Gasteiger partial charge is 0.456 e. The Morgan fingerprint density at radius 2 is 1.76 bits per heavy atom. The number of urea groups is 1. The number of likely N-dealkylation sites (tertiary alicyclic amines) is 2. The summed E-state index contributed by atoms with van der Waals surface area (Å²) in [5.41, 5.74) is 2.99. The number of carbonyl (C=O) groups is 2. The topological polar surface area (TPSA) is 87.7 Å². The zero-order valence-corrected chi connectivity index (χ0v) is 21.7. The number of anilines is 1. The molecular formula is C30H33N5O3. The van der Waals surface area contributed by atoms with Crippen LogP contribution in [0.2, 0.25) is 0 Å². The first-order chi connectivity index (χ1) is 18.5. The molecule has 0 radical (unpaired) electrons. The second-order valence-electron chi connectivity index (χ2n) is 10.8. The third-order valence-electron chi connectivity index (χ3n) is 8.40. The van der Waals surface area contributed by atoms with E-state index >= 15 is 0 Å². The number of imide groups is 1. The highest BCUT2D eigenvalue weighted by atomic mass is 16.5. The number of carbonyl (C=O) groups excluding carboxylic acids is 2. The molecule has 2 saturated heterocycles. The number of hydrogen-bond acceptors (Lipinski definition) is 6. The Labute approximate surface area is 223 Å². The van der Waals surface area contributed by atoms with E-state index in [4.69, 9.17) is 4.74 Å². The van der Waals surface area contributed by atoms with Crippen molar-refractivity contribution in [3.05, 3.63) is 66.5 Å². The van der Waals surface area contributed by atoms with Crippen LogP contribution in [0.3, 0.4) is 0 Å². The molecule has 196 valence electrons. The van der Waals surface area contributed by atoms with Crippen molar-refractivity contribution in [2.45, 2.75) is 44.4 Å². The van der Waals surface area contributed by atoms with Gasteiger partial charge in [0.25, 0.3) is 0 Å². The number of pyridine rings is 2. The van der Waals surface area contributed by atoms with Crippen LogP contribution in [0.25, 0.3) is 11.3 Å². The summed E-state index contributed by atoms with van der Waals surface area (Å²) in [5, 5.41) is 2.74. The maximum Gasteiger partial charge on any atom is 0.329 e. The first-order valence-corrected chi connectivity index (χ1v) is 13.5. The van der Waals surface area contributed by atoms with Gasteiger partial charge in [-0.05, 0) is 81.9 Å². The summed E-state index contributed by atoms with van der Waals surface area (Å²) in [7, 11) is 2.18. The molecule has 0 unspecified atom stereocenters. The molecule has 1 saturated carbocycles. The second kappa shape index (κ2) is 10.2. The van der Waals surface area contributed by atoms with Crippen molar-refractivity contribution in [3.8, 4) is 22.8 Å². The molecule has 0 bridgehead atoms. The van der Waals surface area contributed by atoms with Gasteiger partial charge in [-0.1, -0.05) is 30.7 Å². The lowest BCUT2D eigenvalue weighted by atomic mass is 9.68. The van der Waals surface area contributed by atoms with E-state index in [-0.39, 0.29) is 11.3 Å². The van der Waals surface area contributed by atoms with E-state index in [1.165, 1.54) is 23.3 Å². The zero-order valence-electron chi connectivity index (χ0n) is 21.7. The van der Waals surface area contributed by atoms with Gasteiger partial charge in [0.15, 0.2) is 0 Å². The Morgan fingerprint density at radius 3 is 2.42 bits per heavy atom. The quantitative estimate of drug-likeness (QED) is 0.474. The summed E-state index contributed by atoms with van der Waals surface area (Å²) in [6.07, 6.45) is 9.30. The van der Waals surface area contributed by atoms with Crippen LogP contribution in [0, 0.1) is 5.41 Å². The van der Waals surface area contributed by atoms with Crippen LogP contribution in [-0.2, 0) is 4.79 Å². The van der Waals surface area contributed by atoms with Crippen LogP contribution in [0.1, 0.15) is 50.0 Å². The van der Waals surface area contributed by atoms with Crippen LogP contribution >= 0.6 is 0 Å². The maximum atomic E-state index is 12.6. The highest BCUT2D eigenvalue weighted by molar-refractivity contribution is 6.04. The lowest BCUT2D eigenvalue weighted by molar-refractivity contribution is -0.137. The normalized spacial score (nSPS) is 19.4. The molecule has 6 rings (SSSR count). The average Bonchev–Trinajstić information content (AvgIpc) is 3.28. The van der Waals surface area contributed by atoms with Gasteiger partial charge in [0.2, 0.25) is 5.91 Å². The van der Waals surface area contributed by atoms with Gasteiger partial charge in [-0.15, -0.1) is 0 Å². The fraction of sp³-hybridized carbons (Fsp3) is 0.400. The number of amides is 3. The summed E-state index contributed by atoms with van der Waals surface area (Å²) in [4.78, 5) is 37.8. The summed E-state index contributed by atoms with van der Waals surface area (Å²) in [6, 6.07) is 15.4. The fourth-order valence-electron chi connectivity index (χ4n) is 5.81. The third kappa shape index (κ3) is 4.88. The molecular weight excluding hydrogens is 478 g/mol. The van der Waals surface area contributed by atoms with Crippen molar-refractivity contribution in [3.63, 3.8) is 0 Å². The number of ether oxygens (including phenoxy) is 1. The number of rotatable bonds is 5. The van der Waals surface area contributed by atoms with E-state index < -0.39 is 6.03 Å². The standard InChI is InChI=1S/C30H33N5O3/c1-34-16-10-22(11-17-34)21-3-5-23(6-4-21)26-19-24(9-15-31-26)38-25-7-8-27(32-20-25)33-29(37)35-18-14-30(28(35)36)12-2-13-30/h3-9,15,19-20,22H,2,10-14,16-18H2,1H3,(H,32,33,37). The first kappa shape index (κ1) is 24.6. The molecule has 3 amide bonds. The van der Waals surface area contributed by atoms with Crippen molar-refractivity contribution in [2.75, 3.05) is 32.0 Å². The predicted molar refractivity (Wildman–Crippen MR) is 145 cm³/mol. The Kier molecular flexibility index (Phi) is 6.57. The summed E-state index contributed by atoms with van der Waals surface area (Å²) < 4.78 is 6.01. The number of piperidine rings is 1. The molecule has 1 N–H and O–H groups in total. The molecule has 1 aliphatic carbocycles. The van der Waals surface area contributed by atoms with Crippen molar-refractivity contribution in [2.24, 2.45) is 5.41 Å². The molecule has 4 heterocycles. The van der Waals surface area contributed by atoms with Gasteiger partial charge in [0, 0.05) is 24.4 Å². The molecule has 2 aromatic heterocycles. The van der Waals surface area contributed by atoms with Crippen LogP contribution in [0.5, 0.6) is 11.5 Å². The molecule has 1 aromatic carbocycles. The smallest absolute Gasteiger partial charge is 0.329 e. The Hall–Kier alpha value is -3.78. The molecule has 3 aliphatic rings. The minimum atomic E-state index is -0.416. The Balaban J connectivity index is 1.07. The van der Waals surface area contributed by atoms with E-state index in [0.29, 0.717) is 29.8 Å². The zero-order chi connectivity index (χ0) is 26.1. The van der Waals surface area contributed by atoms with Gasteiger partial charge < -0.3 is 9.64 Å². The van der Waals surface area contributed by atoms with Gasteiger partial charge in [-0.25, -0.2) is 9.78 Å². The lowest BCUT2D eigenvalue weighted by Crippen LogP contribution is -2.43. The van der Waals surface area contributed by atoms with Gasteiger partial charge >= 0.3 is 6.03 Å². The van der Waals surface area contributed by atoms with E-state index in [9.17, 15) is 9.59 Å². The Morgan fingerprint density at radius 1 is 0.974 bits per heavy atom. The minimum Gasteiger partial charge on any atom is -0.456 e.